The Bertz CT molecular complexity index is 3590. The highest BCUT2D eigenvalue weighted by Crippen LogP contribution is 2.52. The number of nitrogens with zero attached hydrogens (tertiary/aromatic N) is 2. The molecular formula is C66H48N2. The third-order valence-corrected chi connectivity index (χ3v) is 15.1. The van der Waals surface area contributed by atoms with E-state index >= 15 is 0 Å². The summed E-state index contributed by atoms with van der Waals surface area (Å²) in [6.07, 6.45) is 0. The summed E-state index contributed by atoms with van der Waals surface area (Å²) >= 11 is 0. The number of fused-ring (bicyclic) bond motifs is 8. The highest BCUT2D eigenvalue weighted by molar-refractivity contribution is 5.97. The van der Waals surface area contributed by atoms with E-state index < -0.39 is 0 Å². The predicted octanol–water partition coefficient (Wildman–Crippen LogP) is 17.4. The second kappa shape index (κ2) is 15.2. The van der Waals surface area contributed by atoms with Crippen molar-refractivity contribution in [1.29, 1.82) is 0 Å². The van der Waals surface area contributed by atoms with Gasteiger partial charge < -0.3 is 0 Å². The minimum Gasteiger partial charge on any atom is -0.248 e. The molecule has 13 rings (SSSR count). The fraction of sp³-hybridized carbons (Fsp3) is 0.0909. The van der Waals surface area contributed by atoms with Crippen molar-refractivity contribution in [1.82, 2.24) is 9.97 Å². The Labute approximate surface area is 398 Å². The lowest BCUT2D eigenvalue weighted by Gasteiger charge is -2.23. The molecule has 0 bridgehead atoms. The molecule has 0 unspecified atom stereocenters. The second-order valence-electron chi connectivity index (χ2n) is 19.7. The zero-order chi connectivity index (χ0) is 45.7. The smallest absolute Gasteiger partial charge is 0.0715 e. The molecule has 0 amide bonds. The quantitative estimate of drug-likeness (QED) is 0.166. The maximum Gasteiger partial charge on any atom is 0.0715 e. The zero-order valence-electron chi connectivity index (χ0n) is 38.7. The number of hydrogen-bond acceptors (Lipinski definition) is 2. The average molecular weight is 869 g/mol. The van der Waals surface area contributed by atoms with E-state index in [2.05, 4.69) is 246 Å². The summed E-state index contributed by atoms with van der Waals surface area (Å²) in [6, 6.07) is 79.9. The minimum absolute atomic E-state index is 0.169. The van der Waals surface area contributed by atoms with Gasteiger partial charge in [-0.1, -0.05) is 198 Å². The lowest BCUT2D eigenvalue weighted by atomic mass is 9.80. The number of aromatic nitrogens is 2. The Morgan fingerprint density at radius 1 is 0.250 bits per heavy atom. The van der Waals surface area contributed by atoms with Crippen molar-refractivity contribution in [2.75, 3.05) is 0 Å². The minimum atomic E-state index is -0.169. The Balaban J connectivity index is 0.763. The summed E-state index contributed by atoms with van der Waals surface area (Å²) in [5.74, 6) is 0. The molecule has 0 aliphatic heterocycles. The van der Waals surface area contributed by atoms with Crippen LogP contribution in [0.3, 0.4) is 0 Å². The molecular weight excluding hydrogens is 821 g/mol. The number of rotatable bonds is 6. The van der Waals surface area contributed by atoms with E-state index in [1.165, 1.54) is 88.3 Å². The Hall–Kier alpha value is -8.20. The van der Waals surface area contributed by atoms with Crippen LogP contribution in [0, 0.1) is 0 Å². The van der Waals surface area contributed by atoms with Crippen LogP contribution in [0.2, 0.25) is 0 Å². The highest BCUT2D eigenvalue weighted by atomic mass is 14.7. The van der Waals surface area contributed by atoms with Crippen LogP contribution in [0.5, 0.6) is 0 Å². The monoisotopic (exact) mass is 868 g/mol. The molecule has 0 spiro atoms. The third-order valence-electron chi connectivity index (χ3n) is 15.1. The molecule has 2 aliphatic carbocycles. The zero-order valence-corrected chi connectivity index (χ0v) is 38.7. The molecule has 2 nitrogen and oxygen atoms in total. The normalized spacial score (nSPS) is 13.8. The van der Waals surface area contributed by atoms with Gasteiger partial charge in [0.25, 0.3) is 0 Å². The molecule has 0 fully saturated rings. The van der Waals surface area contributed by atoms with Gasteiger partial charge in [-0.15, -0.1) is 0 Å². The van der Waals surface area contributed by atoms with Gasteiger partial charge >= 0.3 is 0 Å². The van der Waals surface area contributed by atoms with E-state index in [-0.39, 0.29) is 10.8 Å². The predicted molar refractivity (Wildman–Crippen MR) is 285 cm³/mol. The average Bonchev–Trinajstić information content (AvgIpc) is 3.76. The topological polar surface area (TPSA) is 25.8 Å². The van der Waals surface area contributed by atoms with Crippen LogP contribution in [0.25, 0.3) is 111 Å². The largest absolute Gasteiger partial charge is 0.248 e. The Morgan fingerprint density at radius 3 is 0.971 bits per heavy atom. The van der Waals surface area contributed by atoms with E-state index in [4.69, 9.17) is 9.97 Å². The number of pyridine rings is 2. The lowest BCUT2D eigenvalue weighted by molar-refractivity contribution is 0.660. The first kappa shape index (κ1) is 40.1. The van der Waals surface area contributed by atoms with E-state index in [0.29, 0.717) is 0 Å². The summed E-state index contributed by atoms with van der Waals surface area (Å²) in [4.78, 5) is 10.5. The van der Waals surface area contributed by atoms with Crippen LogP contribution < -0.4 is 0 Å². The van der Waals surface area contributed by atoms with Gasteiger partial charge in [0.15, 0.2) is 0 Å². The van der Waals surface area contributed by atoms with E-state index in [1.807, 2.05) is 0 Å². The van der Waals surface area contributed by atoms with Crippen LogP contribution in [-0.2, 0) is 10.8 Å². The second-order valence-corrected chi connectivity index (χ2v) is 19.7. The molecule has 0 radical (unpaired) electrons. The third kappa shape index (κ3) is 6.32. The first-order valence-corrected chi connectivity index (χ1v) is 23.8. The van der Waals surface area contributed by atoms with Gasteiger partial charge in [0.05, 0.1) is 22.8 Å². The molecule has 9 aromatic carbocycles. The SMILES string of the molecule is CC1(C)c2cc(-c3ccc(-c4ccc5c(c4)C(C)(C)c4cc(-c6cccc(-c7cccc8ccccc78)n6)ccc4-5)cc3)ccc2-c2ccc(-c3cccc(-c4cccc5ccccc45)n3)cc21. The molecule has 322 valence electrons. The van der Waals surface area contributed by atoms with Crippen molar-refractivity contribution in [3.63, 3.8) is 0 Å². The van der Waals surface area contributed by atoms with Crippen LogP contribution in [0.1, 0.15) is 49.9 Å². The maximum atomic E-state index is 5.23. The van der Waals surface area contributed by atoms with Gasteiger partial charge in [-0.05, 0) is 137 Å². The van der Waals surface area contributed by atoms with Crippen molar-refractivity contribution in [3.05, 3.63) is 241 Å². The van der Waals surface area contributed by atoms with Gasteiger partial charge in [-0.25, -0.2) is 9.97 Å². The molecule has 2 heteroatoms. The number of hydrogen-bond donors (Lipinski definition) is 0. The van der Waals surface area contributed by atoms with Crippen LogP contribution in [0.4, 0.5) is 0 Å². The lowest BCUT2D eigenvalue weighted by Crippen LogP contribution is -2.15. The highest BCUT2D eigenvalue weighted by Gasteiger charge is 2.37. The van der Waals surface area contributed by atoms with Gasteiger partial charge in [0.1, 0.15) is 0 Å². The van der Waals surface area contributed by atoms with Crippen molar-refractivity contribution < 1.29 is 0 Å². The summed E-state index contributed by atoms with van der Waals surface area (Å²) in [7, 11) is 0. The van der Waals surface area contributed by atoms with Gasteiger partial charge in [0.2, 0.25) is 0 Å². The van der Waals surface area contributed by atoms with Gasteiger partial charge in [-0.3, -0.25) is 0 Å². The Kier molecular flexibility index (Phi) is 8.95. The number of benzene rings is 9. The summed E-state index contributed by atoms with van der Waals surface area (Å²) in [6.45, 7) is 9.46. The first-order valence-electron chi connectivity index (χ1n) is 23.8. The van der Waals surface area contributed by atoms with Gasteiger partial charge in [-0.2, -0.15) is 0 Å². The van der Waals surface area contributed by atoms with Crippen LogP contribution in [0.15, 0.2) is 218 Å². The van der Waals surface area contributed by atoms with E-state index in [9.17, 15) is 0 Å². The summed E-state index contributed by atoms with van der Waals surface area (Å²) in [5, 5.41) is 4.89. The van der Waals surface area contributed by atoms with Crippen molar-refractivity contribution in [2.45, 2.75) is 38.5 Å². The van der Waals surface area contributed by atoms with Crippen molar-refractivity contribution >= 4 is 21.5 Å². The van der Waals surface area contributed by atoms with E-state index in [0.717, 1.165) is 45.0 Å². The molecule has 2 aromatic heterocycles. The summed E-state index contributed by atoms with van der Waals surface area (Å²) < 4.78 is 0. The molecule has 0 atom stereocenters. The molecule has 2 aliphatic rings. The van der Waals surface area contributed by atoms with Crippen LogP contribution in [-0.4, -0.2) is 9.97 Å². The van der Waals surface area contributed by atoms with Crippen molar-refractivity contribution in [3.8, 4) is 89.5 Å². The fourth-order valence-electron chi connectivity index (χ4n) is 11.4. The molecule has 11 aromatic rings. The summed E-state index contributed by atoms with van der Waals surface area (Å²) in [5.41, 5.74) is 23.8. The van der Waals surface area contributed by atoms with Gasteiger partial charge in [0, 0.05) is 33.1 Å². The molecule has 68 heavy (non-hydrogen) atoms. The molecule has 2 heterocycles. The van der Waals surface area contributed by atoms with Crippen molar-refractivity contribution in [2.24, 2.45) is 0 Å². The van der Waals surface area contributed by atoms with Crippen LogP contribution >= 0.6 is 0 Å². The fourth-order valence-corrected chi connectivity index (χ4v) is 11.4. The molecule has 0 N–H and O–H groups in total. The first-order chi connectivity index (χ1) is 33.2. The Morgan fingerprint density at radius 2 is 0.559 bits per heavy atom. The van der Waals surface area contributed by atoms with E-state index in [1.54, 1.807) is 0 Å². The standard InChI is InChI=1S/C66H48N2/c1-65(2)57-37-45(29-33-51(57)53-35-31-47(39-59(53)65)61-21-11-23-63(67-61)55-19-9-15-43-13-5-7-17-49(43)55)41-25-27-42(28-26-41)46-30-34-52-54-36-32-48(40-60(54)66(3,4)58(52)38-46)62-22-12-24-64(68-62)56-20-10-16-44-14-6-8-18-50(44)56/h5-40H,1-4H3. The molecule has 0 saturated carbocycles. The molecule has 0 saturated heterocycles. The maximum absolute atomic E-state index is 5.23.